The normalized spacial score (nSPS) is 12.2. The first-order valence-corrected chi connectivity index (χ1v) is 7.13. The van der Waals surface area contributed by atoms with E-state index in [1.54, 1.807) is 6.07 Å². The van der Waals surface area contributed by atoms with Crippen LogP contribution in [0, 0.1) is 0 Å². The molecule has 94 valence electrons. The Labute approximate surface area is 111 Å². The molecule has 1 nitrogen and oxygen atoms in total. The van der Waals surface area contributed by atoms with Crippen LogP contribution in [0.1, 0.15) is 26.3 Å². The summed E-state index contributed by atoms with van der Waals surface area (Å²) < 4.78 is 0. The number of benzene rings is 2. The van der Waals surface area contributed by atoms with Crippen LogP contribution in [0.3, 0.4) is 0 Å². The van der Waals surface area contributed by atoms with E-state index >= 15 is 0 Å². The summed E-state index contributed by atoms with van der Waals surface area (Å²) in [5, 5.41) is 12.4. The molecule has 0 saturated carbocycles. The fourth-order valence-electron chi connectivity index (χ4n) is 1.96. The number of phenols is 1. The zero-order valence-electron chi connectivity index (χ0n) is 11.1. The van der Waals surface area contributed by atoms with Gasteiger partial charge in [-0.05, 0) is 22.3 Å². The average Bonchev–Trinajstić information content (AvgIpc) is 2.32. The van der Waals surface area contributed by atoms with Crippen LogP contribution in [0.25, 0.3) is 0 Å². The van der Waals surface area contributed by atoms with Crippen LogP contribution in [0.2, 0.25) is 0 Å². The molecule has 2 aromatic carbocycles. The molecular weight excluding hydrogens is 239 g/mol. The lowest BCUT2D eigenvalue weighted by atomic mass is 9.87. The quantitative estimate of drug-likeness (QED) is 0.819. The van der Waals surface area contributed by atoms with Crippen molar-refractivity contribution in [3.05, 3.63) is 54.1 Å². The van der Waals surface area contributed by atoms with Gasteiger partial charge in [-0.1, -0.05) is 71.8 Å². The standard InChI is InChI=1S/C16H19OP/c1-16(2,3)13-10-7-11-14(17)15(13)18-12-8-5-4-6-9-12/h4-11,17-18H,1-3H3. The van der Waals surface area contributed by atoms with Gasteiger partial charge in [-0.3, -0.25) is 0 Å². The van der Waals surface area contributed by atoms with Crippen LogP contribution in [-0.4, -0.2) is 5.11 Å². The highest BCUT2D eigenvalue weighted by atomic mass is 31.1. The molecular formula is C16H19OP. The van der Waals surface area contributed by atoms with Crippen molar-refractivity contribution in [3.63, 3.8) is 0 Å². The molecule has 0 fully saturated rings. The molecule has 0 aliphatic rings. The van der Waals surface area contributed by atoms with E-state index in [1.165, 1.54) is 10.9 Å². The molecule has 2 rings (SSSR count). The third-order valence-electron chi connectivity index (χ3n) is 2.89. The molecule has 0 bridgehead atoms. The highest BCUT2D eigenvalue weighted by molar-refractivity contribution is 7.55. The Morgan fingerprint density at radius 3 is 2.17 bits per heavy atom. The molecule has 18 heavy (non-hydrogen) atoms. The fourth-order valence-corrected chi connectivity index (χ4v) is 3.41. The maximum atomic E-state index is 10.1. The summed E-state index contributed by atoms with van der Waals surface area (Å²) >= 11 is 0. The average molecular weight is 258 g/mol. The highest BCUT2D eigenvalue weighted by Crippen LogP contribution is 2.29. The molecule has 2 heteroatoms. The highest BCUT2D eigenvalue weighted by Gasteiger charge is 2.20. The van der Waals surface area contributed by atoms with Gasteiger partial charge in [0.05, 0.1) is 0 Å². The van der Waals surface area contributed by atoms with Crippen molar-refractivity contribution in [2.45, 2.75) is 26.2 Å². The molecule has 1 N–H and O–H groups in total. The Kier molecular flexibility index (Phi) is 3.73. The van der Waals surface area contributed by atoms with E-state index in [4.69, 9.17) is 0 Å². The largest absolute Gasteiger partial charge is 0.507 e. The first-order valence-electron chi connectivity index (χ1n) is 6.13. The minimum Gasteiger partial charge on any atom is -0.507 e. The number of hydrogen-bond donors (Lipinski definition) is 1. The van der Waals surface area contributed by atoms with Crippen LogP contribution in [0.4, 0.5) is 0 Å². The Morgan fingerprint density at radius 2 is 1.56 bits per heavy atom. The Balaban J connectivity index is 2.44. The second-order valence-electron chi connectivity index (χ2n) is 5.44. The topological polar surface area (TPSA) is 20.2 Å². The molecule has 0 spiro atoms. The van der Waals surface area contributed by atoms with Crippen LogP contribution in [0.15, 0.2) is 48.5 Å². The molecule has 0 saturated heterocycles. The van der Waals surface area contributed by atoms with Gasteiger partial charge < -0.3 is 5.11 Å². The van der Waals surface area contributed by atoms with Gasteiger partial charge in [-0.25, -0.2) is 0 Å². The maximum absolute atomic E-state index is 10.1. The van der Waals surface area contributed by atoms with Gasteiger partial charge >= 0.3 is 0 Å². The monoisotopic (exact) mass is 258 g/mol. The van der Waals surface area contributed by atoms with Gasteiger partial charge in [0.15, 0.2) is 0 Å². The van der Waals surface area contributed by atoms with E-state index in [-0.39, 0.29) is 5.41 Å². The predicted octanol–water partition coefficient (Wildman–Crippen LogP) is 3.32. The van der Waals surface area contributed by atoms with E-state index in [9.17, 15) is 5.11 Å². The predicted molar refractivity (Wildman–Crippen MR) is 80.8 cm³/mol. The van der Waals surface area contributed by atoms with Crippen molar-refractivity contribution in [3.8, 4) is 5.75 Å². The Hall–Kier alpha value is -1.33. The number of phenolic OH excluding ortho intramolecular Hbond substituents is 1. The fraction of sp³-hybridized carbons (Fsp3) is 0.250. The summed E-state index contributed by atoms with van der Waals surface area (Å²) in [6.45, 7) is 6.54. The summed E-state index contributed by atoms with van der Waals surface area (Å²) in [5.74, 6) is 0.407. The van der Waals surface area contributed by atoms with Crippen LogP contribution in [-0.2, 0) is 5.41 Å². The molecule has 0 amide bonds. The van der Waals surface area contributed by atoms with Gasteiger partial charge in [0.25, 0.3) is 0 Å². The zero-order chi connectivity index (χ0) is 13.2. The van der Waals surface area contributed by atoms with E-state index < -0.39 is 0 Å². The number of hydrogen-bond acceptors (Lipinski definition) is 1. The third-order valence-corrected chi connectivity index (χ3v) is 4.29. The zero-order valence-corrected chi connectivity index (χ0v) is 12.1. The molecule has 1 unspecified atom stereocenters. The summed E-state index contributed by atoms with van der Waals surface area (Å²) in [6, 6.07) is 16.1. The van der Waals surface area contributed by atoms with Crippen molar-refractivity contribution in [2.75, 3.05) is 0 Å². The van der Waals surface area contributed by atoms with Gasteiger partial charge in [0.1, 0.15) is 5.75 Å². The van der Waals surface area contributed by atoms with Gasteiger partial charge in [0, 0.05) is 5.30 Å². The van der Waals surface area contributed by atoms with Crippen molar-refractivity contribution in [2.24, 2.45) is 0 Å². The van der Waals surface area contributed by atoms with Crippen molar-refractivity contribution in [1.29, 1.82) is 0 Å². The minimum absolute atomic E-state index is 0.0514. The molecule has 2 aromatic rings. The summed E-state index contributed by atoms with van der Waals surface area (Å²) in [5.41, 5.74) is 1.28. The summed E-state index contributed by atoms with van der Waals surface area (Å²) in [7, 11) is 0.498. The third kappa shape index (κ3) is 2.91. The van der Waals surface area contributed by atoms with Crippen LogP contribution in [0.5, 0.6) is 5.75 Å². The SMILES string of the molecule is CC(C)(C)c1cccc(O)c1Pc1ccccc1. The van der Waals surface area contributed by atoms with Gasteiger partial charge in [-0.15, -0.1) is 0 Å². The minimum atomic E-state index is 0.0514. The first-order chi connectivity index (χ1) is 8.48. The van der Waals surface area contributed by atoms with E-state index in [1.807, 2.05) is 24.3 Å². The number of aromatic hydroxyl groups is 1. The Bertz CT molecular complexity index is 527. The van der Waals surface area contributed by atoms with Crippen LogP contribution < -0.4 is 10.6 Å². The molecule has 0 aromatic heterocycles. The summed E-state index contributed by atoms with van der Waals surface area (Å²) in [4.78, 5) is 0. The molecule has 0 heterocycles. The second-order valence-corrected chi connectivity index (χ2v) is 6.77. The second kappa shape index (κ2) is 5.12. The lowest BCUT2D eigenvalue weighted by molar-refractivity contribution is 0.476. The van der Waals surface area contributed by atoms with Gasteiger partial charge in [0.2, 0.25) is 0 Å². The lowest BCUT2D eigenvalue weighted by Crippen LogP contribution is -2.21. The van der Waals surface area contributed by atoms with Crippen molar-refractivity contribution in [1.82, 2.24) is 0 Å². The van der Waals surface area contributed by atoms with E-state index in [2.05, 4.69) is 39.0 Å². The summed E-state index contributed by atoms with van der Waals surface area (Å²) in [6.07, 6.45) is 0. The maximum Gasteiger partial charge on any atom is 0.123 e. The van der Waals surface area contributed by atoms with Crippen molar-refractivity contribution >= 4 is 19.2 Å². The smallest absolute Gasteiger partial charge is 0.123 e. The number of rotatable bonds is 2. The van der Waals surface area contributed by atoms with E-state index in [0.717, 1.165) is 5.30 Å². The lowest BCUT2D eigenvalue weighted by Gasteiger charge is -2.23. The van der Waals surface area contributed by atoms with Gasteiger partial charge in [-0.2, -0.15) is 0 Å². The molecule has 0 aliphatic heterocycles. The van der Waals surface area contributed by atoms with Crippen LogP contribution >= 0.6 is 8.58 Å². The van der Waals surface area contributed by atoms with Crippen molar-refractivity contribution < 1.29 is 5.11 Å². The molecule has 1 atom stereocenters. The Morgan fingerprint density at radius 1 is 0.889 bits per heavy atom. The van der Waals surface area contributed by atoms with E-state index in [0.29, 0.717) is 14.3 Å². The molecule has 0 aliphatic carbocycles. The first kappa shape index (κ1) is 13.1. The molecule has 0 radical (unpaired) electrons.